The number of nitrogens with zero attached hydrogens (tertiary/aromatic N) is 1. The fourth-order valence-corrected chi connectivity index (χ4v) is 2.01. The topological polar surface area (TPSA) is 51.2 Å². The lowest BCUT2D eigenvalue weighted by Gasteiger charge is -2.17. The van der Waals surface area contributed by atoms with Crippen LogP contribution in [0.15, 0.2) is 36.5 Å². The number of amides is 1. The van der Waals surface area contributed by atoms with E-state index in [0.29, 0.717) is 24.3 Å². The van der Waals surface area contributed by atoms with E-state index in [1.54, 1.807) is 18.2 Å². The highest BCUT2D eigenvalue weighted by atomic mass is 19.1. The minimum Gasteiger partial charge on any atom is -0.457 e. The minimum atomic E-state index is -0.581. The molecule has 19 heavy (non-hydrogen) atoms. The van der Waals surface area contributed by atoms with Gasteiger partial charge in [0.1, 0.15) is 11.5 Å². The van der Waals surface area contributed by atoms with Crippen LogP contribution in [-0.2, 0) is 11.2 Å². The van der Waals surface area contributed by atoms with E-state index in [4.69, 9.17) is 4.74 Å². The summed E-state index contributed by atoms with van der Waals surface area (Å²) in [4.78, 5) is 14.7. The van der Waals surface area contributed by atoms with Crippen LogP contribution in [0.4, 0.5) is 10.1 Å². The second kappa shape index (κ2) is 4.68. The molecule has 0 radical (unpaired) electrons. The number of rotatable bonds is 2. The van der Waals surface area contributed by atoms with Crippen LogP contribution in [0, 0.1) is 5.95 Å². The van der Waals surface area contributed by atoms with Crippen molar-refractivity contribution in [3.05, 3.63) is 48.0 Å². The van der Waals surface area contributed by atoms with E-state index < -0.39 is 5.95 Å². The van der Waals surface area contributed by atoms with Gasteiger partial charge < -0.3 is 10.1 Å². The van der Waals surface area contributed by atoms with E-state index in [2.05, 4.69) is 10.3 Å². The molecule has 1 aliphatic rings. The third-order valence-electron chi connectivity index (χ3n) is 2.91. The van der Waals surface area contributed by atoms with Gasteiger partial charge in [0.2, 0.25) is 11.9 Å². The smallest absolute Gasteiger partial charge is 0.224 e. The maximum atomic E-state index is 12.9. The number of hydrogen-bond donors (Lipinski definition) is 1. The van der Waals surface area contributed by atoms with Crippen LogP contribution < -0.4 is 10.1 Å². The molecule has 0 atom stereocenters. The molecule has 0 spiro atoms. The number of carbonyl (C=O) groups excluding carboxylic acids is 1. The molecular formula is C14H11FN2O2. The maximum absolute atomic E-state index is 12.9. The Kier molecular flexibility index (Phi) is 2.87. The number of aromatic nitrogens is 1. The molecular weight excluding hydrogens is 247 g/mol. The number of halogens is 1. The van der Waals surface area contributed by atoms with Gasteiger partial charge in [0.25, 0.3) is 0 Å². The Labute approximate surface area is 109 Å². The van der Waals surface area contributed by atoms with Crippen LogP contribution >= 0.6 is 0 Å². The average Bonchev–Trinajstić information content (AvgIpc) is 2.39. The van der Waals surface area contributed by atoms with E-state index in [1.165, 1.54) is 12.3 Å². The standard InChI is InChI=1S/C14H11FN2O2/c15-13-8-11(5-6-16-13)19-10-2-3-12-9(7-10)1-4-14(18)17-12/h2-3,5-8H,1,4H2,(H,17,18). The van der Waals surface area contributed by atoms with Crippen molar-refractivity contribution in [3.63, 3.8) is 0 Å². The van der Waals surface area contributed by atoms with Crippen molar-refractivity contribution in [1.82, 2.24) is 4.98 Å². The van der Waals surface area contributed by atoms with Crippen LogP contribution in [0.25, 0.3) is 0 Å². The molecule has 0 fully saturated rings. The summed E-state index contributed by atoms with van der Waals surface area (Å²) in [6.45, 7) is 0. The Morgan fingerprint density at radius 2 is 2.00 bits per heavy atom. The molecule has 2 aromatic rings. The van der Waals surface area contributed by atoms with Gasteiger partial charge >= 0.3 is 0 Å². The van der Waals surface area contributed by atoms with Crippen LogP contribution in [0.3, 0.4) is 0 Å². The summed E-state index contributed by atoms with van der Waals surface area (Å²) in [5.41, 5.74) is 1.83. The fourth-order valence-electron chi connectivity index (χ4n) is 2.01. The van der Waals surface area contributed by atoms with Crippen LogP contribution in [0.1, 0.15) is 12.0 Å². The number of carbonyl (C=O) groups is 1. The second-order valence-electron chi connectivity index (χ2n) is 4.28. The highest BCUT2D eigenvalue weighted by Crippen LogP contribution is 2.29. The molecule has 4 nitrogen and oxygen atoms in total. The third-order valence-corrected chi connectivity index (χ3v) is 2.91. The summed E-state index contributed by atoms with van der Waals surface area (Å²) in [6.07, 6.45) is 2.51. The summed E-state index contributed by atoms with van der Waals surface area (Å²) < 4.78 is 18.5. The molecule has 0 bridgehead atoms. The zero-order valence-corrected chi connectivity index (χ0v) is 10.0. The first-order valence-corrected chi connectivity index (χ1v) is 5.93. The first-order chi connectivity index (χ1) is 9.20. The van der Waals surface area contributed by atoms with Crippen molar-refractivity contribution >= 4 is 11.6 Å². The Morgan fingerprint density at radius 3 is 2.84 bits per heavy atom. The van der Waals surface area contributed by atoms with Crippen molar-refractivity contribution in [2.75, 3.05) is 5.32 Å². The number of aryl methyl sites for hydroxylation is 1. The first-order valence-electron chi connectivity index (χ1n) is 5.93. The number of anilines is 1. The lowest BCUT2D eigenvalue weighted by atomic mass is 10.0. The van der Waals surface area contributed by atoms with Crippen molar-refractivity contribution < 1.29 is 13.9 Å². The molecule has 1 aromatic carbocycles. The molecule has 0 aliphatic carbocycles. The molecule has 1 amide bonds. The summed E-state index contributed by atoms with van der Waals surface area (Å²) in [5, 5.41) is 2.80. The first kappa shape index (κ1) is 11.6. The van der Waals surface area contributed by atoms with Crippen LogP contribution in [-0.4, -0.2) is 10.9 Å². The Bertz CT molecular complexity index is 643. The highest BCUT2D eigenvalue weighted by molar-refractivity contribution is 5.94. The van der Waals surface area contributed by atoms with E-state index in [1.807, 2.05) is 6.07 Å². The molecule has 5 heteroatoms. The number of nitrogens with one attached hydrogen (secondary N) is 1. The van der Waals surface area contributed by atoms with Gasteiger partial charge in [-0.3, -0.25) is 4.79 Å². The van der Waals surface area contributed by atoms with Gasteiger partial charge in [-0.05, 0) is 36.2 Å². The lowest BCUT2D eigenvalue weighted by Crippen LogP contribution is -2.18. The lowest BCUT2D eigenvalue weighted by molar-refractivity contribution is -0.116. The second-order valence-corrected chi connectivity index (χ2v) is 4.28. The van der Waals surface area contributed by atoms with Gasteiger partial charge in [0, 0.05) is 24.4 Å². The molecule has 1 aliphatic heterocycles. The third kappa shape index (κ3) is 2.54. The minimum absolute atomic E-state index is 0.0253. The predicted octanol–water partition coefficient (Wildman–Crippen LogP) is 2.90. The zero-order valence-electron chi connectivity index (χ0n) is 10.0. The Morgan fingerprint density at radius 1 is 1.16 bits per heavy atom. The van der Waals surface area contributed by atoms with E-state index in [9.17, 15) is 9.18 Å². The quantitative estimate of drug-likeness (QED) is 0.843. The number of pyridine rings is 1. The van der Waals surface area contributed by atoms with Crippen LogP contribution in [0.5, 0.6) is 11.5 Å². The van der Waals surface area contributed by atoms with Crippen molar-refractivity contribution in [2.24, 2.45) is 0 Å². The summed E-state index contributed by atoms with van der Waals surface area (Å²) in [6, 6.07) is 8.20. The molecule has 0 unspecified atom stereocenters. The zero-order chi connectivity index (χ0) is 13.2. The maximum Gasteiger partial charge on any atom is 0.224 e. The van der Waals surface area contributed by atoms with Crippen LogP contribution in [0.2, 0.25) is 0 Å². The van der Waals surface area contributed by atoms with Gasteiger partial charge in [-0.25, -0.2) is 4.98 Å². The molecule has 2 heterocycles. The highest BCUT2D eigenvalue weighted by Gasteiger charge is 2.15. The average molecular weight is 258 g/mol. The summed E-state index contributed by atoms with van der Waals surface area (Å²) in [5.74, 6) is 0.452. The van der Waals surface area contributed by atoms with Gasteiger partial charge in [-0.15, -0.1) is 0 Å². The SMILES string of the molecule is O=C1CCc2cc(Oc3ccnc(F)c3)ccc2N1. The molecule has 1 aromatic heterocycles. The Hall–Kier alpha value is -2.43. The van der Waals surface area contributed by atoms with Gasteiger partial charge in [-0.1, -0.05) is 0 Å². The number of hydrogen-bond acceptors (Lipinski definition) is 3. The van der Waals surface area contributed by atoms with Gasteiger partial charge in [0.05, 0.1) is 0 Å². The van der Waals surface area contributed by atoms with Crippen molar-refractivity contribution in [2.45, 2.75) is 12.8 Å². The predicted molar refractivity (Wildman–Crippen MR) is 67.7 cm³/mol. The normalized spacial score (nSPS) is 13.6. The molecule has 1 N–H and O–H groups in total. The summed E-state index contributed by atoms with van der Waals surface area (Å²) in [7, 11) is 0. The number of ether oxygens (including phenoxy) is 1. The number of fused-ring (bicyclic) bond motifs is 1. The van der Waals surface area contributed by atoms with Gasteiger partial charge in [-0.2, -0.15) is 4.39 Å². The Balaban J connectivity index is 1.85. The largest absolute Gasteiger partial charge is 0.457 e. The van der Waals surface area contributed by atoms with E-state index in [0.717, 1.165) is 11.3 Å². The summed E-state index contributed by atoms with van der Waals surface area (Å²) >= 11 is 0. The molecule has 96 valence electrons. The molecule has 0 saturated carbocycles. The van der Waals surface area contributed by atoms with Crippen molar-refractivity contribution in [1.29, 1.82) is 0 Å². The van der Waals surface area contributed by atoms with E-state index in [-0.39, 0.29) is 5.91 Å². The molecule has 3 rings (SSSR count). The monoisotopic (exact) mass is 258 g/mol. The number of benzene rings is 1. The molecule has 0 saturated heterocycles. The van der Waals surface area contributed by atoms with E-state index >= 15 is 0 Å². The van der Waals surface area contributed by atoms with Gasteiger partial charge in [0.15, 0.2) is 0 Å². The fraction of sp³-hybridized carbons (Fsp3) is 0.143. The van der Waals surface area contributed by atoms with Crippen molar-refractivity contribution in [3.8, 4) is 11.5 Å².